The maximum atomic E-state index is 2.63. The van der Waals surface area contributed by atoms with E-state index in [2.05, 4.69) is 55.4 Å². The predicted octanol–water partition coefficient (Wildman–Crippen LogP) is 9.63. The van der Waals surface area contributed by atoms with Crippen LogP contribution in [0.5, 0.6) is 0 Å². The summed E-state index contributed by atoms with van der Waals surface area (Å²) in [6.07, 6.45) is 16.0. The van der Waals surface area contributed by atoms with Crippen molar-refractivity contribution in [2.75, 3.05) is 0 Å². The zero-order chi connectivity index (χ0) is 21.6. The van der Waals surface area contributed by atoms with Gasteiger partial charge in [0, 0.05) is 0 Å². The van der Waals surface area contributed by atoms with Crippen LogP contribution in [0.15, 0.2) is 0 Å². The van der Waals surface area contributed by atoms with Crippen LogP contribution in [0.1, 0.15) is 126 Å². The molecule has 0 aromatic carbocycles. The quantitative estimate of drug-likeness (QED) is 0.318. The Morgan fingerprint density at radius 1 is 0.690 bits per heavy atom. The van der Waals surface area contributed by atoms with E-state index in [1.165, 1.54) is 70.6 Å². The molecule has 0 bridgehead atoms. The van der Waals surface area contributed by atoms with Crippen LogP contribution in [0, 0.1) is 59.2 Å². The topological polar surface area (TPSA) is 0 Å². The van der Waals surface area contributed by atoms with E-state index in [1.54, 1.807) is 0 Å². The molecule has 0 aromatic heterocycles. The Bertz CT molecular complexity index is 411. The summed E-state index contributed by atoms with van der Waals surface area (Å²) < 4.78 is 0. The molecule has 29 heavy (non-hydrogen) atoms. The maximum absolute atomic E-state index is 2.63. The van der Waals surface area contributed by atoms with Gasteiger partial charge in [-0.25, -0.2) is 0 Å². The van der Waals surface area contributed by atoms with Gasteiger partial charge in [0.05, 0.1) is 0 Å². The molecule has 172 valence electrons. The summed E-state index contributed by atoms with van der Waals surface area (Å²) >= 11 is 0. The van der Waals surface area contributed by atoms with Gasteiger partial charge in [0.15, 0.2) is 0 Å². The molecule has 0 heteroatoms. The van der Waals surface area contributed by atoms with E-state index in [4.69, 9.17) is 0 Å². The van der Waals surface area contributed by atoms with Crippen molar-refractivity contribution in [2.45, 2.75) is 126 Å². The molecule has 0 nitrogen and oxygen atoms in total. The second kappa shape index (κ2) is 12.1. The van der Waals surface area contributed by atoms with Gasteiger partial charge in [-0.15, -0.1) is 0 Å². The zero-order valence-corrected chi connectivity index (χ0v) is 21.6. The van der Waals surface area contributed by atoms with Crippen molar-refractivity contribution in [3.05, 3.63) is 0 Å². The first kappa shape index (κ1) is 25.3. The van der Waals surface area contributed by atoms with Crippen LogP contribution in [0.4, 0.5) is 0 Å². The highest BCUT2D eigenvalue weighted by Gasteiger charge is 2.45. The van der Waals surface area contributed by atoms with E-state index < -0.39 is 0 Å². The first-order valence-electron chi connectivity index (χ1n) is 13.8. The molecule has 4 unspecified atom stereocenters. The Morgan fingerprint density at radius 3 is 1.62 bits per heavy atom. The van der Waals surface area contributed by atoms with Crippen molar-refractivity contribution in [3.63, 3.8) is 0 Å². The molecule has 9 atom stereocenters. The molecule has 0 aromatic rings. The van der Waals surface area contributed by atoms with Crippen LogP contribution >= 0.6 is 0 Å². The highest BCUT2D eigenvalue weighted by molar-refractivity contribution is 4.94. The molecule has 0 amide bonds. The van der Waals surface area contributed by atoms with E-state index in [1.807, 2.05) is 0 Å². The largest absolute Gasteiger partial charge is 0.0654 e. The Labute approximate surface area is 185 Å². The Balaban J connectivity index is 1.94. The Morgan fingerprint density at radius 2 is 1.17 bits per heavy atom. The highest BCUT2D eigenvalue weighted by atomic mass is 14.5. The van der Waals surface area contributed by atoms with Crippen LogP contribution in [-0.2, 0) is 0 Å². The van der Waals surface area contributed by atoms with Gasteiger partial charge in [0.1, 0.15) is 0 Å². The molecule has 0 spiro atoms. The Hall–Kier alpha value is 0. The first-order valence-corrected chi connectivity index (χ1v) is 13.8. The highest BCUT2D eigenvalue weighted by Crippen LogP contribution is 2.53. The van der Waals surface area contributed by atoms with Crippen molar-refractivity contribution in [2.24, 2.45) is 59.2 Å². The summed E-state index contributed by atoms with van der Waals surface area (Å²) in [6.45, 7) is 20.2. The zero-order valence-electron chi connectivity index (χ0n) is 21.6. The monoisotopic (exact) mass is 404 g/mol. The van der Waals surface area contributed by atoms with Crippen LogP contribution in [0.3, 0.4) is 0 Å². The van der Waals surface area contributed by atoms with E-state index >= 15 is 0 Å². The molecule has 0 heterocycles. The number of hydrogen-bond acceptors (Lipinski definition) is 0. The fourth-order valence-corrected chi connectivity index (χ4v) is 8.43. The standard InChI is InChI=1S/C29H56/c1-9-12-13-14-20(4)15-25-16-21(5)28(22(6)17-25)29-23(7)18-27(19-24(29)8)26(10-2)11-3/h20-29H,9-19H2,1-8H3/t20-,21-,22+,23-,24+,25?,27?,28?,29?/m0/s1. The summed E-state index contributed by atoms with van der Waals surface area (Å²) in [7, 11) is 0. The number of unbranched alkanes of at least 4 members (excludes halogenated alkanes) is 2. The van der Waals surface area contributed by atoms with Gasteiger partial charge in [0.2, 0.25) is 0 Å². The predicted molar refractivity (Wildman–Crippen MR) is 131 cm³/mol. The third-order valence-electron chi connectivity index (χ3n) is 9.58. The van der Waals surface area contributed by atoms with Crippen molar-refractivity contribution >= 4 is 0 Å². The van der Waals surface area contributed by atoms with Crippen LogP contribution in [0.2, 0.25) is 0 Å². The second-order valence-electron chi connectivity index (χ2n) is 12.0. The van der Waals surface area contributed by atoms with Crippen molar-refractivity contribution in [1.82, 2.24) is 0 Å². The lowest BCUT2D eigenvalue weighted by atomic mass is 9.54. The summed E-state index contributed by atoms with van der Waals surface area (Å²) in [4.78, 5) is 0. The molecule has 2 fully saturated rings. The molecule has 0 aliphatic heterocycles. The average Bonchev–Trinajstić information content (AvgIpc) is 2.64. The molecule has 2 rings (SSSR count). The number of hydrogen-bond donors (Lipinski definition) is 0. The average molecular weight is 405 g/mol. The fourth-order valence-electron chi connectivity index (χ4n) is 8.43. The molecular weight excluding hydrogens is 348 g/mol. The summed E-state index contributed by atoms with van der Waals surface area (Å²) in [6, 6.07) is 0. The van der Waals surface area contributed by atoms with Crippen LogP contribution in [0.25, 0.3) is 0 Å². The van der Waals surface area contributed by atoms with Gasteiger partial charge >= 0.3 is 0 Å². The molecule has 0 N–H and O–H groups in total. The summed E-state index contributed by atoms with van der Waals surface area (Å²) in [5, 5.41) is 0. The van der Waals surface area contributed by atoms with E-state index in [-0.39, 0.29) is 0 Å². The molecule has 2 aliphatic carbocycles. The minimum absolute atomic E-state index is 0.934. The van der Waals surface area contributed by atoms with Crippen molar-refractivity contribution < 1.29 is 0 Å². The summed E-state index contributed by atoms with van der Waals surface area (Å²) in [5.41, 5.74) is 0. The van der Waals surface area contributed by atoms with Gasteiger partial charge in [0.25, 0.3) is 0 Å². The lowest BCUT2D eigenvalue weighted by molar-refractivity contribution is -0.0228. The molecular formula is C29H56. The normalized spacial score (nSPS) is 39.6. The van der Waals surface area contributed by atoms with Crippen LogP contribution < -0.4 is 0 Å². The van der Waals surface area contributed by atoms with Gasteiger partial charge in [-0.2, -0.15) is 0 Å². The second-order valence-corrected chi connectivity index (χ2v) is 12.0. The fraction of sp³-hybridized carbons (Fsp3) is 1.00. The lowest BCUT2D eigenvalue weighted by Gasteiger charge is -2.51. The SMILES string of the molecule is CCCCC[C@H](C)CC1C[C@@H](C)C(C2[C@H](C)CC(C(CC)CC)C[C@@H]2C)[C@@H](C)C1. The lowest BCUT2D eigenvalue weighted by Crippen LogP contribution is -2.44. The molecule has 0 radical (unpaired) electrons. The van der Waals surface area contributed by atoms with Gasteiger partial charge in [-0.3, -0.25) is 0 Å². The van der Waals surface area contributed by atoms with Crippen LogP contribution in [-0.4, -0.2) is 0 Å². The van der Waals surface area contributed by atoms with Crippen molar-refractivity contribution in [3.8, 4) is 0 Å². The third-order valence-corrected chi connectivity index (χ3v) is 9.58. The molecule has 2 saturated carbocycles. The minimum atomic E-state index is 0.934. The van der Waals surface area contributed by atoms with Crippen molar-refractivity contribution in [1.29, 1.82) is 0 Å². The van der Waals surface area contributed by atoms with E-state index in [0.717, 1.165) is 59.2 Å². The molecule has 2 aliphatic rings. The summed E-state index contributed by atoms with van der Waals surface area (Å²) in [5.74, 6) is 9.61. The van der Waals surface area contributed by atoms with E-state index in [0.29, 0.717) is 0 Å². The first-order chi connectivity index (χ1) is 13.8. The van der Waals surface area contributed by atoms with E-state index in [9.17, 15) is 0 Å². The smallest absolute Gasteiger partial charge is 0.0329 e. The number of rotatable bonds is 10. The van der Waals surface area contributed by atoms with Gasteiger partial charge < -0.3 is 0 Å². The minimum Gasteiger partial charge on any atom is -0.0654 e. The van der Waals surface area contributed by atoms with Gasteiger partial charge in [-0.05, 0) is 91.3 Å². The third kappa shape index (κ3) is 6.74. The van der Waals surface area contributed by atoms with Gasteiger partial charge in [-0.1, -0.05) is 93.9 Å². The maximum Gasteiger partial charge on any atom is -0.0329 e. The Kier molecular flexibility index (Phi) is 10.6. The molecule has 0 saturated heterocycles.